The number of oxazole rings is 1. The van der Waals surface area contributed by atoms with Crippen LogP contribution in [0.4, 0.5) is 4.39 Å². The van der Waals surface area contributed by atoms with E-state index in [-0.39, 0.29) is 41.3 Å². The van der Waals surface area contributed by atoms with E-state index in [1.54, 1.807) is 44.2 Å². The molecular weight excluding hydrogens is 521 g/mol. The zero-order valence-electron chi connectivity index (χ0n) is 22.4. The summed E-state index contributed by atoms with van der Waals surface area (Å²) in [6, 6.07) is 6.34. The van der Waals surface area contributed by atoms with Crippen molar-refractivity contribution in [2.45, 2.75) is 32.2 Å². The van der Waals surface area contributed by atoms with Gasteiger partial charge in [-0.3, -0.25) is 19.0 Å². The van der Waals surface area contributed by atoms with Crippen molar-refractivity contribution in [3.05, 3.63) is 63.8 Å². The minimum atomic E-state index is -0.765. The molecule has 12 nitrogen and oxygen atoms in total. The molecular formula is C27H30FN7O5. The van der Waals surface area contributed by atoms with Gasteiger partial charge in [0.2, 0.25) is 5.91 Å². The fourth-order valence-corrected chi connectivity index (χ4v) is 5.08. The van der Waals surface area contributed by atoms with E-state index in [0.29, 0.717) is 23.2 Å². The smallest absolute Gasteiger partial charge is 0.408 e. The number of hydrogen-bond donors (Lipinski definition) is 2. The second kappa shape index (κ2) is 10.9. The molecule has 5 rings (SSSR count). The number of halogens is 1. The fraction of sp³-hybridized carbons (Fsp3) is 0.407. The van der Waals surface area contributed by atoms with Crippen LogP contribution in [0.3, 0.4) is 0 Å². The second-order valence-corrected chi connectivity index (χ2v) is 10.3. The number of nitrogens with one attached hydrogen (secondary N) is 2. The SMILES string of the molecule is CN(C)C(=O)C1CCC(CNC(=O)c2cc(C(=O)NCc3ccc4oc(=O)n(C)c4c3)nc3c(F)cnn23)CC1. The Morgan fingerprint density at radius 3 is 2.58 bits per heavy atom. The van der Waals surface area contributed by atoms with Gasteiger partial charge in [-0.25, -0.2) is 18.7 Å². The lowest BCUT2D eigenvalue weighted by Crippen LogP contribution is -2.36. The van der Waals surface area contributed by atoms with Gasteiger partial charge in [-0.15, -0.1) is 0 Å². The Bertz CT molecular complexity index is 1660. The molecule has 0 aliphatic heterocycles. The summed E-state index contributed by atoms with van der Waals surface area (Å²) in [5.74, 6) is -2.04. The maximum atomic E-state index is 14.4. The number of nitrogens with zero attached hydrogens (tertiary/aromatic N) is 5. The maximum absolute atomic E-state index is 14.4. The molecule has 1 saturated carbocycles. The lowest BCUT2D eigenvalue weighted by Gasteiger charge is -2.29. The molecule has 13 heteroatoms. The summed E-state index contributed by atoms with van der Waals surface area (Å²) in [6.07, 6.45) is 4.07. The third-order valence-electron chi connectivity index (χ3n) is 7.39. The number of rotatable bonds is 7. The molecule has 3 aromatic heterocycles. The van der Waals surface area contributed by atoms with Crippen molar-refractivity contribution in [3.63, 3.8) is 0 Å². The van der Waals surface area contributed by atoms with E-state index < -0.39 is 23.4 Å². The van der Waals surface area contributed by atoms with Crippen LogP contribution in [-0.4, -0.2) is 62.4 Å². The monoisotopic (exact) mass is 551 g/mol. The molecule has 3 amide bonds. The van der Waals surface area contributed by atoms with Crippen molar-refractivity contribution < 1.29 is 23.2 Å². The third kappa shape index (κ3) is 5.31. The lowest BCUT2D eigenvalue weighted by atomic mass is 9.81. The van der Waals surface area contributed by atoms with Crippen LogP contribution >= 0.6 is 0 Å². The summed E-state index contributed by atoms with van der Waals surface area (Å²) >= 11 is 0. The Labute approximate surface area is 228 Å². The highest BCUT2D eigenvalue weighted by Gasteiger charge is 2.28. The molecule has 1 aromatic carbocycles. The molecule has 0 saturated heterocycles. The van der Waals surface area contributed by atoms with E-state index in [2.05, 4.69) is 20.7 Å². The molecule has 1 aliphatic carbocycles. The van der Waals surface area contributed by atoms with Crippen molar-refractivity contribution in [3.8, 4) is 0 Å². The van der Waals surface area contributed by atoms with Gasteiger partial charge in [0.15, 0.2) is 17.0 Å². The van der Waals surface area contributed by atoms with Crippen molar-refractivity contribution in [1.29, 1.82) is 0 Å². The Morgan fingerprint density at radius 2 is 1.85 bits per heavy atom. The Hall–Kier alpha value is -4.55. The van der Waals surface area contributed by atoms with E-state index in [0.717, 1.165) is 36.4 Å². The first-order valence-electron chi connectivity index (χ1n) is 13.0. The highest BCUT2D eigenvalue weighted by atomic mass is 19.1. The molecule has 4 aromatic rings. The van der Waals surface area contributed by atoms with E-state index in [9.17, 15) is 23.6 Å². The molecule has 2 N–H and O–H groups in total. The van der Waals surface area contributed by atoms with E-state index >= 15 is 0 Å². The largest absolute Gasteiger partial charge is 0.419 e. The Kier molecular flexibility index (Phi) is 7.37. The van der Waals surface area contributed by atoms with Crippen LogP contribution in [0.2, 0.25) is 0 Å². The third-order valence-corrected chi connectivity index (χ3v) is 7.39. The number of aryl methyl sites for hydroxylation is 1. The van der Waals surface area contributed by atoms with Crippen LogP contribution in [0.25, 0.3) is 16.7 Å². The van der Waals surface area contributed by atoms with Crippen molar-refractivity contribution in [1.82, 2.24) is 34.7 Å². The topological polar surface area (TPSA) is 144 Å². The minimum Gasteiger partial charge on any atom is -0.408 e. The molecule has 0 radical (unpaired) electrons. The van der Waals surface area contributed by atoms with Crippen LogP contribution in [-0.2, 0) is 18.4 Å². The quantitative estimate of drug-likeness (QED) is 0.357. The van der Waals surface area contributed by atoms with Crippen molar-refractivity contribution in [2.24, 2.45) is 18.9 Å². The minimum absolute atomic E-state index is 0.00318. The standard InChI is InChI=1S/C27H30FN7O5/c1-33(2)26(38)17-7-4-15(5-8-17)12-30-25(37)21-11-19(32-23-18(28)14-31-35(21)23)24(36)29-13-16-6-9-22-20(10-16)34(3)27(39)40-22/h6,9-11,14-15,17H,4-5,7-8,12-13H2,1-3H3,(H,29,36)(H,30,37). The first-order valence-corrected chi connectivity index (χ1v) is 13.0. The summed E-state index contributed by atoms with van der Waals surface area (Å²) in [5, 5.41) is 9.51. The average Bonchev–Trinajstić information content (AvgIpc) is 3.47. The van der Waals surface area contributed by atoms with Gasteiger partial charge < -0.3 is 20.0 Å². The molecule has 0 atom stereocenters. The maximum Gasteiger partial charge on any atom is 0.419 e. The fourth-order valence-electron chi connectivity index (χ4n) is 5.08. The van der Waals surface area contributed by atoms with Gasteiger partial charge >= 0.3 is 5.76 Å². The average molecular weight is 552 g/mol. The Balaban J connectivity index is 1.27. The van der Waals surface area contributed by atoms with E-state index in [1.807, 2.05) is 0 Å². The van der Waals surface area contributed by atoms with Crippen LogP contribution in [0.1, 0.15) is 52.2 Å². The first kappa shape index (κ1) is 27.0. The number of hydrogen-bond acceptors (Lipinski definition) is 7. The number of amides is 3. The summed E-state index contributed by atoms with van der Waals surface area (Å²) in [6.45, 7) is 0.485. The van der Waals surface area contributed by atoms with Gasteiger partial charge in [0.1, 0.15) is 11.4 Å². The molecule has 210 valence electrons. The van der Waals surface area contributed by atoms with Crippen LogP contribution in [0.5, 0.6) is 0 Å². The number of carbonyl (C=O) groups is 3. The molecule has 1 fully saturated rings. The van der Waals surface area contributed by atoms with Gasteiger partial charge in [0.05, 0.1) is 11.7 Å². The summed E-state index contributed by atoms with van der Waals surface area (Å²) in [5.41, 5.74) is 1.30. The molecule has 40 heavy (non-hydrogen) atoms. The predicted molar refractivity (Wildman–Crippen MR) is 142 cm³/mol. The lowest BCUT2D eigenvalue weighted by molar-refractivity contribution is -0.134. The summed E-state index contributed by atoms with van der Waals surface area (Å²) in [4.78, 5) is 55.8. The first-order chi connectivity index (χ1) is 19.1. The van der Waals surface area contributed by atoms with E-state index in [4.69, 9.17) is 4.42 Å². The van der Waals surface area contributed by atoms with Gasteiger partial charge in [-0.1, -0.05) is 6.07 Å². The molecule has 0 bridgehead atoms. The normalized spacial score (nSPS) is 17.2. The zero-order chi connectivity index (χ0) is 28.6. The van der Waals surface area contributed by atoms with Gasteiger partial charge in [-0.2, -0.15) is 5.10 Å². The highest BCUT2D eigenvalue weighted by Crippen LogP contribution is 2.29. The predicted octanol–water partition coefficient (Wildman–Crippen LogP) is 1.87. The molecule has 3 heterocycles. The van der Waals surface area contributed by atoms with E-state index in [1.165, 1.54) is 10.6 Å². The number of benzene rings is 1. The van der Waals surface area contributed by atoms with Crippen LogP contribution in [0, 0.1) is 17.7 Å². The number of carbonyl (C=O) groups excluding carboxylic acids is 3. The number of fused-ring (bicyclic) bond motifs is 2. The van der Waals surface area contributed by atoms with Gasteiger partial charge in [-0.05, 0) is 49.3 Å². The van der Waals surface area contributed by atoms with Crippen molar-refractivity contribution in [2.75, 3.05) is 20.6 Å². The number of aromatic nitrogens is 4. The van der Waals surface area contributed by atoms with Gasteiger partial charge in [0.25, 0.3) is 11.8 Å². The Morgan fingerprint density at radius 1 is 1.10 bits per heavy atom. The zero-order valence-corrected chi connectivity index (χ0v) is 22.4. The second-order valence-electron chi connectivity index (χ2n) is 10.3. The molecule has 1 aliphatic rings. The highest BCUT2D eigenvalue weighted by molar-refractivity contribution is 5.98. The summed E-state index contributed by atoms with van der Waals surface area (Å²) < 4.78 is 22.0. The summed E-state index contributed by atoms with van der Waals surface area (Å²) in [7, 11) is 5.08. The molecule has 0 unspecified atom stereocenters. The van der Waals surface area contributed by atoms with Gasteiger partial charge in [0, 0.05) is 46.2 Å². The van der Waals surface area contributed by atoms with Crippen LogP contribution in [0.15, 0.2) is 39.7 Å². The van der Waals surface area contributed by atoms with Crippen molar-refractivity contribution >= 4 is 34.5 Å². The van der Waals surface area contributed by atoms with Crippen LogP contribution < -0.4 is 16.4 Å². The molecule has 0 spiro atoms.